The van der Waals surface area contributed by atoms with E-state index in [0.29, 0.717) is 17.1 Å². The molecule has 0 bridgehead atoms. The van der Waals surface area contributed by atoms with E-state index >= 15 is 0 Å². The van der Waals surface area contributed by atoms with Gasteiger partial charge in [-0.05, 0) is 202 Å². The van der Waals surface area contributed by atoms with E-state index < -0.39 is 20.6 Å². The Balaban J connectivity index is 0.950. The molecule has 0 amide bonds. The van der Waals surface area contributed by atoms with Gasteiger partial charge in [-0.1, -0.05) is 206 Å². The van der Waals surface area contributed by atoms with Crippen LogP contribution in [0.25, 0.3) is 144 Å². The molecule has 3 heteroatoms. The second-order valence-electron chi connectivity index (χ2n) is 20.5. The number of fused-ring (bicyclic) bond motifs is 6. The molecular formula is C78H55N3. The Bertz CT molecular complexity index is 5020. The van der Waals surface area contributed by atoms with Crippen molar-refractivity contribution in [3.8, 4) is 112 Å². The summed E-state index contributed by atoms with van der Waals surface area (Å²) >= 11 is 0. The Hall–Kier alpha value is -10.4. The Morgan fingerprint density at radius 1 is 0.222 bits per heavy atom. The van der Waals surface area contributed by atoms with Crippen molar-refractivity contribution in [1.29, 1.82) is 0 Å². The zero-order chi connectivity index (χ0) is 61.9. The molecule has 0 spiro atoms. The van der Waals surface area contributed by atoms with Gasteiger partial charge >= 0.3 is 0 Å². The summed E-state index contributed by atoms with van der Waals surface area (Å²) in [6.45, 7) is -6.81. The van der Waals surface area contributed by atoms with Crippen LogP contribution in [0.4, 0.5) is 0 Å². The number of rotatable bonds is 10. The first-order valence-electron chi connectivity index (χ1n) is 31.5. The minimum Gasteiger partial charge on any atom is -0.256 e. The van der Waals surface area contributed by atoms with Gasteiger partial charge in [0.25, 0.3) is 0 Å². The molecule has 0 aliphatic rings. The summed E-state index contributed by atoms with van der Waals surface area (Å²) in [6, 6.07) is 88.8. The molecule has 81 heavy (non-hydrogen) atoms. The molecule has 0 N–H and O–H groups in total. The minimum atomic E-state index is -2.30. The van der Waals surface area contributed by atoms with Gasteiger partial charge in [0.2, 0.25) is 0 Å². The third-order valence-electron chi connectivity index (χ3n) is 15.6. The molecule has 0 aliphatic carbocycles. The molecule has 382 valence electrons. The first kappa shape index (κ1) is 39.9. The summed E-state index contributed by atoms with van der Waals surface area (Å²) < 4.78 is 71.9. The van der Waals surface area contributed by atoms with Gasteiger partial charge in [-0.2, -0.15) is 0 Å². The lowest BCUT2D eigenvalue weighted by Crippen LogP contribution is -1.94. The highest BCUT2D eigenvalue weighted by Gasteiger charge is 2.20. The molecular weight excluding hydrogens is 979 g/mol. The van der Waals surface area contributed by atoms with E-state index in [0.717, 1.165) is 111 Å². The SMILES string of the molecule is [2H]C([2H])([2H])c1ccc(-c2ccc(-c3ccccc3-c3cc(-c4ccccc4-c4ccc(-c5cc(C([2H])([2H])[2H])ccn5)cc4)cc(-c4ccccc4-c4ccc(-c5ccc(C([2H])([2H])[2H])cn5)cc4-c4ccc5c6ccccc6c6ccccc6c5c4)c3)cc2)nc1. The highest BCUT2D eigenvalue weighted by atomic mass is 14.7. The van der Waals surface area contributed by atoms with Crippen LogP contribution in [0.3, 0.4) is 0 Å². The second-order valence-corrected chi connectivity index (χ2v) is 20.5. The average Bonchev–Trinajstić information content (AvgIpc) is 1.07. The quantitative estimate of drug-likeness (QED) is 0.128. The highest BCUT2D eigenvalue weighted by Crippen LogP contribution is 2.46. The lowest BCUT2D eigenvalue weighted by atomic mass is 9.84. The van der Waals surface area contributed by atoms with Gasteiger partial charge in [0.1, 0.15) is 0 Å². The van der Waals surface area contributed by atoms with E-state index in [1.807, 2.05) is 30.3 Å². The smallest absolute Gasteiger partial charge is 0.0704 e. The minimum absolute atomic E-state index is 0.177. The van der Waals surface area contributed by atoms with E-state index in [1.54, 1.807) is 36.5 Å². The molecule has 11 aromatic carbocycles. The van der Waals surface area contributed by atoms with Gasteiger partial charge in [-0.15, -0.1) is 0 Å². The number of aromatic nitrogens is 3. The van der Waals surface area contributed by atoms with Crippen molar-refractivity contribution in [3.05, 3.63) is 296 Å². The van der Waals surface area contributed by atoms with Gasteiger partial charge in [-0.3, -0.25) is 15.0 Å². The van der Waals surface area contributed by atoms with Gasteiger partial charge in [0, 0.05) is 47.6 Å². The second kappa shape index (κ2) is 20.8. The van der Waals surface area contributed by atoms with Gasteiger partial charge < -0.3 is 0 Å². The molecule has 0 atom stereocenters. The molecule has 0 saturated carbocycles. The Morgan fingerprint density at radius 2 is 0.617 bits per heavy atom. The molecule has 0 aliphatic heterocycles. The van der Waals surface area contributed by atoms with Crippen LogP contribution < -0.4 is 0 Å². The standard InChI is InChI=1S/C78H55N3/c1-50-40-41-79-78(42-50)56-32-28-54(29-33-56)63-15-5-7-17-65(63)60-43-59(64-16-6-4-14-62(64)53-26-30-55(31-27-53)76-38-24-51(2)48-80-76)44-61(45-60)66-18-8-9-19-67(66)72-37-35-58(77-39-25-52(3)49-81-77)47-74(72)57-34-36-73-70-22-11-10-20-68(70)69-21-12-13-23-71(69)75(73)46-57/h4-49H,1-3H3/i1D3,2D3,3D3. The summed E-state index contributed by atoms with van der Waals surface area (Å²) in [5.74, 6) is 0. The molecule has 3 aromatic heterocycles. The lowest BCUT2D eigenvalue weighted by molar-refractivity contribution is 1.27. The van der Waals surface area contributed by atoms with Crippen LogP contribution in [0.15, 0.2) is 279 Å². The fraction of sp³-hybridized carbons (Fsp3) is 0.0385. The molecule has 0 unspecified atom stereocenters. The normalized spacial score (nSPS) is 13.5. The molecule has 14 rings (SSSR count). The predicted octanol–water partition coefficient (Wildman–Crippen LogP) is 20.9. The zero-order valence-electron chi connectivity index (χ0n) is 52.9. The van der Waals surface area contributed by atoms with E-state index in [-0.39, 0.29) is 16.7 Å². The third kappa shape index (κ3) is 9.35. The summed E-state index contributed by atoms with van der Waals surface area (Å²) in [6.07, 6.45) is 4.42. The predicted molar refractivity (Wildman–Crippen MR) is 341 cm³/mol. The summed E-state index contributed by atoms with van der Waals surface area (Å²) in [4.78, 5) is 13.8. The molecule has 0 fully saturated rings. The molecule has 3 nitrogen and oxygen atoms in total. The monoisotopic (exact) mass is 1040 g/mol. The Morgan fingerprint density at radius 3 is 1.12 bits per heavy atom. The fourth-order valence-electron chi connectivity index (χ4n) is 11.6. The number of hydrogen-bond acceptors (Lipinski definition) is 3. The number of hydrogen-bond donors (Lipinski definition) is 0. The van der Waals surface area contributed by atoms with Crippen LogP contribution in [0, 0.1) is 20.6 Å². The van der Waals surface area contributed by atoms with Crippen LogP contribution in [-0.2, 0) is 0 Å². The van der Waals surface area contributed by atoms with Gasteiger partial charge in [0.15, 0.2) is 0 Å². The van der Waals surface area contributed by atoms with Crippen molar-refractivity contribution in [2.75, 3.05) is 0 Å². The van der Waals surface area contributed by atoms with Gasteiger partial charge in [-0.25, -0.2) is 0 Å². The average molecular weight is 1040 g/mol. The van der Waals surface area contributed by atoms with E-state index in [9.17, 15) is 0 Å². The van der Waals surface area contributed by atoms with Crippen LogP contribution >= 0.6 is 0 Å². The van der Waals surface area contributed by atoms with Crippen molar-refractivity contribution in [1.82, 2.24) is 15.0 Å². The van der Waals surface area contributed by atoms with Crippen LogP contribution in [0.1, 0.15) is 29.0 Å². The van der Waals surface area contributed by atoms with Crippen molar-refractivity contribution in [2.24, 2.45) is 0 Å². The Kier molecular flexibility index (Phi) is 10.2. The van der Waals surface area contributed by atoms with E-state index in [4.69, 9.17) is 17.3 Å². The maximum atomic E-state index is 8.08. The Labute approximate surface area is 485 Å². The van der Waals surface area contributed by atoms with Crippen LogP contribution in [-0.4, -0.2) is 15.0 Å². The highest BCUT2D eigenvalue weighted by molar-refractivity contribution is 6.26. The molecule has 0 radical (unpaired) electrons. The van der Waals surface area contributed by atoms with Crippen molar-refractivity contribution in [2.45, 2.75) is 20.6 Å². The van der Waals surface area contributed by atoms with Crippen molar-refractivity contribution >= 4 is 32.3 Å². The zero-order valence-corrected chi connectivity index (χ0v) is 43.9. The molecule has 14 aromatic rings. The summed E-state index contributed by atoms with van der Waals surface area (Å²) in [5.41, 5.74) is 18.9. The number of pyridine rings is 3. The largest absolute Gasteiger partial charge is 0.256 e. The summed E-state index contributed by atoms with van der Waals surface area (Å²) in [7, 11) is 0. The van der Waals surface area contributed by atoms with Crippen LogP contribution in [0.5, 0.6) is 0 Å². The molecule has 3 heterocycles. The number of nitrogens with zero attached hydrogens (tertiary/aromatic N) is 3. The van der Waals surface area contributed by atoms with Gasteiger partial charge in [0.05, 0.1) is 17.1 Å². The van der Waals surface area contributed by atoms with Crippen molar-refractivity contribution < 1.29 is 12.3 Å². The number of aryl methyl sites for hydroxylation is 3. The van der Waals surface area contributed by atoms with E-state index in [1.165, 1.54) is 34.6 Å². The lowest BCUT2D eigenvalue weighted by Gasteiger charge is -2.20. The third-order valence-corrected chi connectivity index (χ3v) is 15.6. The first-order chi connectivity index (χ1) is 43.5. The van der Waals surface area contributed by atoms with Crippen LogP contribution in [0.2, 0.25) is 0 Å². The maximum absolute atomic E-state index is 8.08. The summed E-state index contributed by atoms with van der Waals surface area (Å²) in [5, 5.41) is 6.99. The maximum Gasteiger partial charge on any atom is 0.0704 e. The van der Waals surface area contributed by atoms with E-state index in [2.05, 4.69) is 204 Å². The van der Waals surface area contributed by atoms with Crippen molar-refractivity contribution in [3.63, 3.8) is 0 Å². The molecule has 0 saturated heterocycles. The fourth-order valence-corrected chi connectivity index (χ4v) is 11.6. The number of benzene rings is 11. The topological polar surface area (TPSA) is 38.7 Å². The first-order valence-corrected chi connectivity index (χ1v) is 27.0.